The van der Waals surface area contributed by atoms with E-state index in [0.29, 0.717) is 29.2 Å². The number of ether oxygens (including phenoxy) is 3. The summed E-state index contributed by atoms with van der Waals surface area (Å²) in [4.78, 5) is 11.5. The van der Waals surface area contributed by atoms with Crippen molar-refractivity contribution >= 4 is 5.97 Å². The number of nitriles is 1. The highest BCUT2D eigenvalue weighted by molar-refractivity contribution is 5.74. The van der Waals surface area contributed by atoms with Crippen LogP contribution in [-0.2, 0) is 16.0 Å². The average Bonchev–Trinajstić information content (AvgIpc) is 2.37. The van der Waals surface area contributed by atoms with Crippen LogP contribution in [0.15, 0.2) is 12.1 Å². The number of benzene rings is 1. The van der Waals surface area contributed by atoms with E-state index in [9.17, 15) is 4.79 Å². The van der Waals surface area contributed by atoms with Gasteiger partial charge in [0.25, 0.3) is 0 Å². The van der Waals surface area contributed by atoms with Gasteiger partial charge in [-0.3, -0.25) is 4.79 Å². The van der Waals surface area contributed by atoms with Gasteiger partial charge in [-0.25, -0.2) is 0 Å². The zero-order chi connectivity index (χ0) is 13.5. The molecule has 18 heavy (non-hydrogen) atoms. The third-order valence-electron chi connectivity index (χ3n) is 2.36. The lowest BCUT2D eigenvalue weighted by atomic mass is 10.0. The molecule has 0 atom stereocenters. The van der Waals surface area contributed by atoms with Gasteiger partial charge in [0.05, 0.1) is 32.8 Å². The van der Waals surface area contributed by atoms with Crippen LogP contribution in [-0.4, -0.2) is 26.8 Å². The predicted octanol–water partition coefficient (Wildman–Crippen LogP) is 1.68. The van der Waals surface area contributed by atoms with Gasteiger partial charge in [-0.1, -0.05) is 0 Å². The molecule has 0 heterocycles. The van der Waals surface area contributed by atoms with Crippen LogP contribution >= 0.6 is 0 Å². The van der Waals surface area contributed by atoms with Crippen molar-refractivity contribution in [2.24, 2.45) is 0 Å². The topological polar surface area (TPSA) is 68.6 Å². The van der Waals surface area contributed by atoms with Gasteiger partial charge >= 0.3 is 5.97 Å². The third-order valence-corrected chi connectivity index (χ3v) is 2.36. The lowest BCUT2D eigenvalue weighted by Gasteiger charge is -2.11. The molecular formula is C13H15NO4. The minimum atomic E-state index is -0.385. The van der Waals surface area contributed by atoms with E-state index in [4.69, 9.17) is 19.5 Å². The molecule has 96 valence electrons. The summed E-state index contributed by atoms with van der Waals surface area (Å²) in [6.45, 7) is 2.04. The van der Waals surface area contributed by atoms with Crippen molar-refractivity contribution in [3.63, 3.8) is 0 Å². The Morgan fingerprint density at radius 2 is 2.06 bits per heavy atom. The van der Waals surface area contributed by atoms with E-state index in [-0.39, 0.29) is 12.4 Å². The fourth-order valence-corrected chi connectivity index (χ4v) is 1.56. The van der Waals surface area contributed by atoms with Crippen molar-refractivity contribution in [2.75, 3.05) is 20.8 Å². The molecule has 0 bridgehead atoms. The first-order valence-corrected chi connectivity index (χ1v) is 5.46. The molecule has 0 aliphatic rings. The van der Waals surface area contributed by atoms with Crippen LogP contribution in [0.3, 0.4) is 0 Å². The van der Waals surface area contributed by atoms with Gasteiger partial charge in [-0.05, 0) is 18.6 Å². The number of esters is 1. The van der Waals surface area contributed by atoms with Crippen LogP contribution in [0.1, 0.15) is 18.1 Å². The molecule has 0 aliphatic carbocycles. The summed E-state index contributed by atoms with van der Waals surface area (Å²) in [6, 6.07) is 5.27. The summed E-state index contributed by atoms with van der Waals surface area (Å²) in [7, 11) is 2.97. The zero-order valence-corrected chi connectivity index (χ0v) is 10.6. The second kappa shape index (κ2) is 6.50. The average molecular weight is 249 g/mol. The predicted molar refractivity (Wildman–Crippen MR) is 64.6 cm³/mol. The van der Waals surface area contributed by atoms with Gasteiger partial charge in [0.15, 0.2) is 0 Å². The quantitative estimate of drug-likeness (QED) is 0.742. The Hall–Kier alpha value is -2.22. The minimum absolute atomic E-state index is 0.0181. The summed E-state index contributed by atoms with van der Waals surface area (Å²) in [5.74, 6) is 0.533. The maximum Gasteiger partial charge on any atom is 0.310 e. The van der Waals surface area contributed by atoms with Crippen molar-refractivity contribution in [3.8, 4) is 17.6 Å². The molecule has 0 fully saturated rings. The van der Waals surface area contributed by atoms with Crippen molar-refractivity contribution in [2.45, 2.75) is 13.3 Å². The first kappa shape index (κ1) is 13.8. The van der Waals surface area contributed by atoms with Crippen molar-refractivity contribution in [1.29, 1.82) is 5.26 Å². The summed E-state index contributed by atoms with van der Waals surface area (Å²) < 4.78 is 15.1. The number of hydrogen-bond acceptors (Lipinski definition) is 5. The molecule has 0 amide bonds. The Labute approximate surface area is 106 Å². The van der Waals surface area contributed by atoms with Crippen LogP contribution < -0.4 is 9.47 Å². The summed E-state index contributed by atoms with van der Waals surface area (Å²) >= 11 is 0. The standard InChI is InChI=1S/C13H15NO4/c1-4-18-13(15)6-9-5-10(16-2)7-12(17-3)11(9)8-14/h5,7H,4,6H2,1-3H3. The van der Waals surface area contributed by atoms with Crippen LogP contribution in [0.2, 0.25) is 0 Å². The first-order chi connectivity index (χ1) is 8.65. The fraction of sp³-hybridized carbons (Fsp3) is 0.385. The lowest BCUT2D eigenvalue weighted by Crippen LogP contribution is -2.09. The van der Waals surface area contributed by atoms with E-state index < -0.39 is 0 Å². The number of nitrogens with zero attached hydrogens (tertiary/aromatic N) is 1. The third kappa shape index (κ3) is 3.14. The maximum atomic E-state index is 11.5. The highest BCUT2D eigenvalue weighted by Gasteiger charge is 2.15. The van der Waals surface area contributed by atoms with E-state index >= 15 is 0 Å². The molecule has 5 nitrogen and oxygen atoms in total. The zero-order valence-electron chi connectivity index (χ0n) is 10.6. The fourth-order valence-electron chi connectivity index (χ4n) is 1.56. The van der Waals surface area contributed by atoms with Gasteiger partial charge in [0.2, 0.25) is 0 Å². The molecule has 1 rings (SSSR count). The number of rotatable bonds is 5. The van der Waals surface area contributed by atoms with Gasteiger partial charge in [0.1, 0.15) is 17.6 Å². The number of methoxy groups -OCH3 is 2. The van der Waals surface area contributed by atoms with E-state index in [2.05, 4.69) is 0 Å². The van der Waals surface area contributed by atoms with E-state index in [1.54, 1.807) is 19.1 Å². The summed E-state index contributed by atoms with van der Waals surface area (Å²) in [5.41, 5.74) is 0.860. The van der Waals surface area contributed by atoms with E-state index in [1.165, 1.54) is 14.2 Å². The summed E-state index contributed by atoms with van der Waals surface area (Å²) in [5, 5.41) is 9.11. The second-order valence-electron chi connectivity index (χ2n) is 3.46. The Kier molecular flexibility index (Phi) is 5.00. The Bertz CT molecular complexity index is 477. The summed E-state index contributed by atoms with van der Waals surface area (Å²) in [6.07, 6.45) is 0.0181. The monoisotopic (exact) mass is 249 g/mol. The number of hydrogen-bond donors (Lipinski definition) is 0. The molecule has 0 aliphatic heterocycles. The van der Waals surface area contributed by atoms with Crippen LogP contribution in [0.4, 0.5) is 0 Å². The van der Waals surface area contributed by atoms with Crippen molar-refractivity contribution in [1.82, 2.24) is 0 Å². The Morgan fingerprint density at radius 1 is 1.33 bits per heavy atom. The normalized spacial score (nSPS) is 9.44. The largest absolute Gasteiger partial charge is 0.497 e. The van der Waals surface area contributed by atoms with Crippen LogP contribution in [0.25, 0.3) is 0 Å². The molecule has 0 saturated carbocycles. The first-order valence-electron chi connectivity index (χ1n) is 5.46. The number of carbonyl (C=O) groups excluding carboxylic acids is 1. The molecule has 0 spiro atoms. The number of carbonyl (C=O) groups is 1. The van der Waals surface area contributed by atoms with Gasteiger partial charge in [0, 0.05) is 6.07 Å². The Balaban J connectivity index is 3.15. The lowest BCUT2D eigenvalue weighted by molar-refractivity contribution is -0.142. The SMILES string of the molecule is CCOC(=O)Cc1cc(OC)cc(OC)c1C#N. The van der Waals surface area contributed by atoms with Crippen molar-refractivity contribution < 1.29 is 19.0 Å². The van der Waals surface area contributed by atoms with Crippen LogP contribution in [0.5, 0.6) is 11.5 Å². The van der Waals surface area contributed by atoms with Crippen molar-refractivity contribution in [3.05, 3.63) is 23.3 Å². The molecule has 0 aromatic heterocycles. The molecular weight excluding hydrogens is 234 g/mol. The molecule has 0 N–H and O–H groups in total. The van der Waals surface area contributed by atoms with Gasteiger partial charge in [-0.2, -0.15) is 5.26 Å². The molecule has 0 saturated heterocycles. The van der Waals surface area contributed by atoms with E-state index in [0.717, 1.165) is 0 Å². The van der Waals surface area contributed by atoms with Gasteiger partial charge < -0.3 is 14.2 Å². The minimum Gasteiger partial charge on any atom is -0.497 e. The molecule has 5 heteroatoms. The van der Waals surface area contributed by atoms with Gasteiger partial charge in [-0.15, -0.1) is 0 Å². The molecule has 0 radical (unpaired) electrons. The van der Waals surface area contributed by atoms with Crippen LogP contribution in [0, 0.1) is 11.3 Å². The maximum absolute atomic E-state index is 11.5. The molecule has 0 unspecified atom stereocenters. The molecule has 1 aromatic carbocycles. The van der Waals surface area contributed by atoms with E-state index in [1.807, 2.05) is 6.07 Å². The smallest absolute Gasteiger partial charge is 0.310 e. The highest BCUT2D eigenvalue weighted by atomic mass is 16.5. The highest BCUT2D eigenvalue weighted by Crippen LogP contribution is 2.28. The Morgan fingerprint density at radius 3 is 2.56 bits per heavy atom. The molecule has 1 aromatic rings. The second-order valence-corrected chi connectivity index (χ2v) is 3.46.